The first-order chi connectivity index (χ1) is 5.88. The molecule has 0 aliphatic rings. The molecule has 0 heterocycles. The first-order valence-corrected chi connectivity index (χ1v) is 5.26. The number of benzene rings is 1. The highest BCUT2D eigenvalue weighted by Crippen LogP contribution is 2.31. The van der Waals surface area contributed by atoms with E-state index in [1.165, 1.54) is 10.8 Å². The first-order valence-electron chi connectivity index (χ1n) is 3.32. The highest BCUT2D eigenvalue weighted by atomic mass is 33.1. The molecule has 0 aliphatic heterocycles. The molecule has 0 aromatic heterocycles. The number of thiol groups is 1. The van der Waals surface area contributed by atoms with Crippen LogP contribution < -0.4 is 0 Å². The lowest BCUT2D eigenvalue weighted by molar-refractivity contribution is -0.130. The molecule has 4 heteroatoms. The van der Waals surface area contributed by atoms with Crippen LogP contribution in [0.1, 0.15) is 11.0 Å². The Labute approximate surface area is 80.1 Å². The Bertz CT molecular complexity index is 238. The number of carbonyl (C=O) groups is 1. The molecule has 64 valence electrons. The van der Waals surface area contributed by atoms with Crippen LogP contribution in [0.3, 0.4) is 0 Å². The van der Waals surface area contributed by atoms with Crippen molar-refractivity contribution in [3.8, 4) is 0 Å². The molecule has 12 heavy (non-hydrogen) atoms. The molecule has 1 rings (SSSR count). The Morgan fingerprint density at radius 2 is 2.08 bits per heavy atom. The minimum absolute atomic E-state index is 0.313. The summed E-state index contributed by atoms with van der Waals surface area (Å²) in [5.41, 5.74) is 0.622. The fourth-order valence-electron chi connectivity index (χ4n) is 0.825. The summed E-state index contributed by atoms with van der Waals surface area (Å²) in [5.74, 6) is 0. The van der Waals surface area contributed by atoms with E-state index in [-0.39, 0.29) is 5.44 Å². The molecule has 0 spiro atoms. The average Bonchev–Trinajstić information content (AvgIpc) is 2.15. The molecule has 0 N–H and O–H groups in total. The molecule has 1 aromatic carbocycles. The smallest absolute Gasteiger partial charge is 0.294 e. The van der Waals surface area contributed by atoms with Gasteiger partial charge in [0.25, 0.3) is 6.47 Å². The van der Waals surface area contributed by atoms with Crippen molar-refractivity contribution in [1.82, 2.24) is 0 Å². The molecule has 0 saturated heterocycles. The van der Waals surface area contributed by atoms with E-state index in [0.717, 1.165) is 5.56 Å². The van der Waals surface area contributed by atoms with Gasteiger partial charge in [0.05, 0.1) is 0 Å². The number of rotatable bonds is 4. The maximum atomic E-state index is 10.1. The average molecular weight is 200 g/mol. The van der Waals surface area contributed by atoms with Crippen LogP contribution in [0.4, 0.5) is 0 Å². The standard InChI is InChI=1S/C8H8O2S2/c9-6-10-8(12-11)7-4-2-1-3-5-7/h1-6,8,11H. The van der Waals surface area contributed by atoms with Gasteiger partial charge in [-0.2, -0.15) is 0 Å². The fraction of sp³-hybridized carbons (Fsp3) is 0.125. The summed E-state index contributed by atoms with van der Waals surface area (Å²) in [6, 6.07) is 9.46. The number of carbonyl (C=O) groups excluding carboxylic acids is 1. The second-order valence-corrected chi connectivity index (χ2v) is 3.35. The van der Waals surface area contributed by atoms with Gasteiger partial charge < -0.3 is 4.74 Å². The van der Waals surface area contributed by atoms with Crippen molar-refractivity contribution in [3.05, 3.63) is 35.9 Å². The van der Waals surface area contributed by atoms with Crippen molar-refractivity contribution in [1.29, 1.82) is 0 Å². The number of hydrogen-bond acceptors (Lipinski definition) is 4. The van der Waals surface area contributed by atoms with Crippen LogP contribution in [-0.2, 0) is 9.53 Å². The van der Waals surface area contributed by atoms with Crippen LogP contribution in [0.15, 0.2) is 30.3 Å². The third-order valence-corrected chi connectivity index (χ3v) is 2.50. The van der Waals surface area contributed by atoms with Crippen LogP contribution in [0.2, 0.25) is 0 Å². The largest absolute Gasteiger partial charge is 0.448 e. The van der Waals surface area contributed by atoms with Gasteiger partial charge in [-0.25, -0.2) is 0 Å². The highest BCUT2D eigenvalue weighted by molar-refractivity contribution is 8.68. The van der Waals surface area contributed by atoms with E-state index in [2.05, 4.69) is 11.7 Å². The summed E-state index contributed by atoms with van der Waals surface area (Å²) < 4.78 is 4.78. The lowest BCUT2D eigenvalue weighted by atomic mass is 10.2. The minimum atomic E-state index is -0.313. The highest BCUT2D eigenvalue weighted by Gasteiger charge is 2.09. The maximum absolute atomic E-state index is 10.1. The van der Waals surface area contributed by atoms with Gasteiger partial charge in [-0.05, 0) is 10.8 Å². The molecule has 0 amide bonds. The van der Waals surface area contributed by atoms with E-state index in [9.17, 15) is 4.79 Å². The Kier molecular flexibility index (Phi) is 4.04. The second kappa shape index (κ2) is 5.11. The SMILES string of the molecule is O=COC(SS)c1ccccc1. The van der Waals surface area contributed by atoms with Crippen LogP contribution in [0, 0.1) is 0 Å². The van der Waals surface area contributed by atoms with Crippen LogP contribution in [-0.4, -0.2) is 6.47 Å². The normalized spacial score (nSPS) is 12.1. The molecule has 1 aromatic rings. The quantitative estimate of drug-likeness (QED) is 0.350. The molecular formula is C8H8O2S2. The Morgan fingerprint density at radius 1 is 1.42 bits per heavy atom. The van der Waals surface area contributed by atoms with Gasteiger partial charge in [-0.1, -0.05) is 30.3 Å². The summed E-state index contributed by atoms with van der Waals surface area (Å²) >= 11 is 3.99. The molecule has 0 aliphatic carbocycles. The number of ether oxygens (including phenoxy) is 1. The van der Waals surface area contributed by atoms with E-state index < -0.39 is 0 Å². The predicted octanol–water partition coefficient (Wildman–Crippen LogP) is 2.44. The molecule has 1 atom stereocenters. The van der Waals surface area contributed by atoms with Crippen LogP contribution in [0.5, 0.6) is 0 Å². The van der Waals surface area contributed by atoms with Gasteiger partial charge in [0, 0.05) is 5.56 Å². The zero-order valence-corrected chi connectivity index (χ0v) is 7.92. The van der Waals surface area contributed by atoms with E-state index in [0.29, 0.717) is 6.47 Å². The Morgan fingerprint density at radius 3 is 2.58 bits per heavy atom. The molecular weight excluding hydrogens is 192 g/mol. The Hall–Kier alpha value is -0.610. The van der Waals surface area contributed by atoms with Gasteiger partial charge in [-0.3, -0.25) is 4.79 Å². The fourth-order valence-corrected chi connectivity index (χ4v) is 1.71. The summed E-state index contributed by atoms with van der Waals surface area (Å²) in [5, 5.41) is 0. The van der Waals surface area contributed by atoms with Crippen molar-refractivity contribution < 1.29 is 9.53 Å². The first kappa shape index (κ1) is 9.48. The zero-order valence-electron chi connectivity index (χ0n) is 6.21. The van der Waals surface area contributed by atoms with Crippen molar-refractivity contribution in [2.24, 2.45) is 0 Å². The van der Waals surface area contributed by atoms with Crippen molar-refractivity contribution in [2.75, 3.05) is 0 Å². The molecule has 1 unspecified atom stereocenters. The summed E-state index contributed by atoms with van der Waals surface area (Å²) in [6.07, 6.45) is 0. The van der Waals surface area contributed by atoms with Crippen molar-refractivity contribution in [3.63, 3.8) is 0 Å². The maximum Gasteiger partial charge on any atom is 0.294 e. The zero-order chi connectivity index (χ0) is 8.81. The molecule has 0 fully saturated rings. The molecule has 0 saturated carbocycles. The minimum Gasteiger partial charge on any atom is -0.448 e. The van der Waals surface area contributed by atoms with E-state index >= 15 is 0 Å². The lowest BCUT2D eigenvalue weighted by Gasteiger charge is -2.10. The van der Waals surface area contributed by atoms with E-state index in [4.69, 9.17) is 4.74 Å². The third kappa shape index (κ3) is 2.46. The Balaban J connectivity index is 2.72. The van der Waals surface area contributed by atoms with Gasteiger partial charge >= 0.3 is 0 Å². The summed E-state index contributed by atoms with van der Waals surface area (Å²) in [4.78, 5) is 10.1. The summed E-state index contributed by atoms with van der Waals surface area (Å²) in [6.45, 7) is 0.431. The topological polar surface area (TPSA) is 26.3 Å². The molecule has 2 nitrogen and oxygen atoms in total. The monoisotopic (exact) mass is 200 g/mol. The lowest BCUT2D eigenvalue weighted by Crippen LogP contribution is -1.96. The van der Waals surface area contributed by atoms with Gasteiger partial charge in [0.15, 0.2) is 5.44 Å². The predicted molar refractivity (Wildman–Crippen MR) is 52.9 cm³/mol. The van der Waals surface area contributed by atoms with Gasteiger partial charge in [0.1, 0.15) is 0 Å². The molecule has 0 bridgehead atoms. The molecule has 0 radical (unpaired) electrons. The van der Waals surface area contributed by atoms with E-state index in [1.807, 2.05) is 30.3 Å². The van der Waals surface area contributed by atoms with Crippen LogP contribution >= 0.6 is 22.5 Å². The van der Waals surface area contributed by atoms with Crippen molar-refractivity contribution >= 4 is 28.9 Å². The number of hydrogen-bond donors (Lipinski definition) is 1. The van der Waals surface area contributed by atoms with E-state index in [1.54, 1.807) is 0 Å². The van der Waals surface area contributed by atoms with Gasteiger partial charge in [0.2, 0.25) is 0 Å². The van der Waals surface area contributed by atoms with Crippen LogP contribution in [0.25, 0.3) is 0 Å². The van der Waals surface area contributed by atoms with Crippen molar-refractivity contribution in [2.45, 2.75) is 5.44 Å². The summed E-state index contributed by atoms with van der Waals surface area (Å²) in [7, 11) is 1.19. The second-order valence-electron chi connectivity index (χ2n) is 2.08. The third-order valence-electron chi connectivity index (χ3n) is 1.35. The van der Waals surface area contributed by atoms with Gasteiger partial charge in [-0.15, -0.1) is 11.7 Å².